The first-order valence-corrected chi connectivity index (χ1v) is 9.89. The number of aryl methyl sites for hydroxylation is 1. The van der Waals surface area contributed by atoms with Crippen LogP contribution in [0.25, 0.3) is 0 Å². The summed E-state index contributed by atoms with van der Waals surface area (Å²) in [7, 11) is 4.52. The molecule has 0 aliphatic carbocycles. The van der Waals surface area contributed by atoms with E-state index in [0.717, 1.165) is 11.1 Å². The van der Waals surface area contributed by atoms with Gasteiger partial charge in [0.15, 0.2) is 11.5 Å². The quantitative estimate of drug-likeness (QED) is 0.551. The number of anilines is 2. The molecule has 31 heavy (non-hydrogen) atoms. The first-order valence-electron chi connectivity index (χ1n) is 9.51. The van der Waals surface area contributed by atoms with Crippen LogP contribution in [-0.2, 0) is 13.0 Å². The summed E-state index contributed by atoms with van der Waals surface area (Å²) in [5.74, 6) is 1.01. The molecule has 0 saturated heterocycles. The molecule has 0 amide bonds. The summed E-state index contributed by atoms with van der Waals surface area (Å²) in [6, 6.07) is 8.09. The Labute approximate surface area is 184 Å². The van der Waals surface area contributed by atoms with Gasteiger partial charge in [0, 0.05) is 11.8 Å². The van der Waals surface area contributed by atoms with Gasteiger partial charge in [-0.1, -0.05) is 24.6 Å². The van der Waals surface area contributed by atoms with Crippen molar-refractivity contribution in [2.45, 2.75) is 19.9 Å². The van der Waals surface area contributed by atoms with Gasteiger partial charge in [-0.25, -0.2) is 4.39 Å². The highest BCUT2D eigenvalue weighted by molar-refractivity contribution is 6.30. The molecule has 1 N–H and O–H groups in total. The van der Waals surface area contributed by atoms with E-state index in [2.05, 4.69) is 10.3 Å². The number of nitrogens with one attached hydrogen (secondary N) is 1. The molecule has 164 valence electrons. The van der Waals surface area contributed by atoms with Gasteiger partial charge in [0.25, 0.3) is 0 Å². The molecule has 0 aliphatic rings. The predicted molar refractivity (Wildman–Crippen MR) is 118 cm³/mol. The monoisotopic (exact) mass is 447 g/mol. The number of ether oxygens (including phenoxy) is 3. The van der Waals surface area contributed by atoms with E-state index in [1.807, 2.05) is 13.0 Å². The van der Waals surface area contributed by atoms with Crippen LogP contribution in [0, 0.1) is 5.82 Å². The zero-order valence-corrected chi connectivity index (χ0v) is 18.4. The Morgan fingerprint density at radius 1 is 1.06 bits per heavy atom. The lowest BCUT2D eigenvalue weighted by Crippen LogP contribution is -2.19. The van der Waals surface area contributed by atoms with Crippen molar-refractivity contribution >= 4 is 23.2 Å². The highest BCUT2D eigenvalue weighted by Crippen LogP contribution is 2.35. The number of hydrogen-bond donors (Lipinski definition) is 1. The van der Waals surface area contributed by atoms with E-state index in [1.54, 1.807) is 37.1 Å². The van der Waals surface area contributed by atoms with Crippen LogP contribution in [-0.4, -0.2) is 30.9 Å². The maximum Gasteiger partial charge on any atom is 0.316 e. The second-order valence-electron chi connectivity index (χ2n) is 6.66. The number of methoxy groups -OCH3 is 3. The second kappa shape index (κ2) is 9.70. The Morgan fingerprint density at radius 3 is 2.35 bits per heavy atom. The van der Waals surface area contributed by atoms with Gasteiger partial charge >= 0.3 is 5.56 Å². The van der Waals surface area contributed by atoms with E-state index in [1.165, 1.54) is 19.2 Å². The smallest absolute Gasteiger partial charge is 0.316 e. The third-order valence-corrected chi connectivity index (χ3v) is 5.05. The largest absolute Gasteiger partial charge is 0.493 e. The van der Waals surface area contributed by atoms with Crippen molar-refractivity contribution in [3.05, 3.63) is 68.8 Å². The van der Waals surface area contributed by atoms with Gasteiger partial charge in [-0.2, -0.15) is 4.98 Å². The van der Waals surface area contributed by atoms with Gasteiger partial charge in [0.1, 0.15) is 5.82 Å². The molecule has 0 bridgehead atoms. The molecule has 3 rings (SSSR count). The lowest BCUT2D eigenvalue weighted by Gasteiger charge is -2.18. The molecule has 0 saturated carbocycles. The number of rotatable bonds is 8. The molecule has 0 aliphatic heterocycles. The fraction of sp³-hybridized carbons (Fsp3) is 0.273. The number of aromatic nitrogens is 2. The molecule has 1 heterocycles. The Bertz CT molecular complexity index is 1150. The van der Waals surface area contributed by atoms with Crippen LogP contribution in [0.5, 0.6) is 17.2 Å². The number of benzene rings is 2. The lowest BCUT2D eigenvalue weighted by atomic mass is 10.1. The Hall–Kier alpha value is -3.26. The maximum atomic E-state index is 13.5. The van der Waals surface area contributed by atoms with Crippen LogP contribution in [0.4, 0.5) is 16.0 Å². The predicted octanol–water partition coefficient (Wildman–Crippen LogP) is 4.42. The maximum absolute atomic E-state index is 13.5. The molecule has 0 fully saturated rings. The van der Waals surface area contributed by atoms with Gasteiger partial charge in [0.2, 0.25) is 11.7 Å². The highest BCUT2D eigenvalue weighted by atomic mass is 35.5. The summed E-state index contributed by atoms with van der Waals surface area (Å²) in [5.41, 5.74) is 1.86. The van der Waals surface area contributed by atoms with E-state index >= 15 is 0 Å². The van der Waals surface area contributed by atoms with Crippen LogP contribution >= 0.6 is 11.6 Å². The minimum absolute atomic E-state index is 0.0149. The molecular formula is C22H23ClFN3O4. The third-order valence-electron chi connectivity index (χ3n) is 4.76. The molecule has 0 unspecified atom stereocenters. The van der Waals surface area contributed by atoms with Gasteiger partial charge in [-0.15, -0.1) is 0 Å². The zero-order chi connectivity index (χ0) is 22.5. The van der Waals surface area contributed by atoms with E-state index in [0.29, 0.717) is 23.6 Å². The summed E-state index contributed by atoms with van der Waals surface area (Å²) >= 11 is 5.92. The van der Waals surface area contributed by atoms with E-state index in [4.69, 9.17) is 25.8 Å². The number of halogens is 2. The minimum Gasteiger partial charge on any atom is -0.493 e. The van der Waals surface area contributed by atoms with Crippen molar-refractivity contribution in [1.29, 1.82) is 0 Å². The lowest BCUT2D eigenvalue weighted by molar-refractivity contribution is 0.355. The topological polar surface area (TPSA) is 74.6 Å². The van der Waals surface area contributed by atoms with E-state index in [9.17, 15) is 9.18 Å². The zero-order valence-electron chi connectivity index (χ0n) is 17.7. The van der Waals surface area contributed by atoms with Crippen molar-refractivity contribution in [1.82, 2.24) is 9.55 Å². The Kier molecular flexibility index (Phi) is 7.02. The van der Waals surface area contributed by atoms with Crippen molar-refractivity contribution in [3.63, 3.8) is 0 Å². The standard InChI is InChI=1S/C22H23ClFN3O4/c1-5-14-9-18(29-2)19(30-3)10-17(14)25-22-26-21(28)20(31-4)12-27(22)11-13-6-7-16(24)15(23)8-13/h6-10,12H,5,11H2,1-4H3,(H,25,26,28). The van der Waals surface area contributed by atoms with Gasteiger partial charge in [-0.05, 0) is 35.7 Å². The van der Waals surface area contributed by atoms with Gasteiger partial charge in [0.05, 0.1) is 39.1 Å². The van der Waals surface area contributed by atoms with E-state index in [-0.39, 0.29) is 23.3 Å². The van der Waals surface area contributed by atoms with Crippen LogP contribution in [0.15, 0.2) is 41.3 Å². The van der Waals surface area contributed by atoms with Gasteiger partial charge in [-0.3, -0.25) is 4.79 Å². The van der Waals surface area contributed by atoms with Crippen LogP contribution < -0.4 is 25.1 Å². The molecule has 3 aromatic rings. The molecule has 0 radical (unpaired) electrons. The molecular weight excluding hydrogens is 425 g/mol. The van der Waals surface area contributed by atoms with Gasteiger partial charge < -0.3 is 24.1 Å². The SMILES string of the molecule is CCc1cc(OC)c(OC)cc1Nc1nc(=O)c(OC)cn1Cc1ccc(F)c(Cl)c1. The molecule has 1 aromatic heterocycles. The van der Waals surface area contributed by atoms with Crippen molar-refractivity contribution in [3.8, 4) is 17.2 Å². The average Bonchev–Trinajstić information content (AvgIpc) is 2.77. The first-order chi connectivity index (χ1) is 14.9. The highest BCUT2D eigenvalue weighted by Gasteiger charge is 2.15. The summed E-state index contributed by atoms with van der Waals surface area (Å²) in [5, 5.41) is 3.23. The number of nitrogens with zero attached hydrogens (tertiary/aromatic N) is 2. The fourth-order valence-electron chi connectivity index (χ4n) is 3.12. The number of hydrogen-bond acceptors (Lipinski definition) is 6. The van der Waals surface area contributed by atoms with Crippen molar-refractivity contribution < 1.29 is 18.6 Å². The van der Waals surface area contributed by atoms with Crippen LogP contribution in [0.1, 0.15) is 18.1 Å². The van der Waals surface area contributed by atoms with E-state index < -0.39 is 11.4 Å². The molecule has 0 spiro atoms. The molecule has 0 atom stereocenters. The summed E-state index contributed by atoms with van der Waals surface area (Å²) in [4.78, 5) is 16.5. The van der Waals surface area contributed by atoms with Crippen molar-refractivity contribution in [2.24, 2.45) is 0 Å². The Morgan fingerprint density at radius 2 is 1.74 bits per heavy atom. The van der Waals surface area contributed by atoms with Crippen molar-refractivity contribution in [2.75, 3.05) is 26.6 Å². The average molecular weight is 448 g/mol. The Balaban J connectivity index is 2.07. The van der Waals surface area contributed by atoms with Crippen LogP contribution in [0.3, 0.4) is 0 Å². The first kappa shape index (κ1) is 22.4. The summed E-state index contributed by atoms with van der Waals surface area (Å²) in [6.07, 6.45) is 2.25. The third kappa shape index (κ3) is 4.91. The minimum atomic E-state index is -0.517. The fourth-order valence-corrected chi connectivity index (χ4v) is 3.32. The summed E-state index contributed by atoms with van der Waals surface area (Å²) < 4.78 is 31.2. The molecule has 2 aromatic carbocycles. The molecule has 7 nitrogen and oxygen atoms in total. The van der Waals surface area contributed by atoms with Crippen LogP contribution in [0.2, 0.25) is 5.02 Å². The normalized spacial score (nSPS) is 10.6. The summed E-state index contributed by atoms with van der Waals surface area (Å²) in [6.45, 7) is 2.28. The second-order valence-corrected chi connectivity index (χ2v) is 7.06. The molecule has 9 heteroatoms.